The molecule has 0 aromatic carbocycles. The number of nitrogens with one attached hydrogen (secondary N) is 1. The van der Waals surface area contributed by atoms with Gasteiger partial charge in [-0.25, -0.2) is 0 Å². The van der Waals surface area contributed by atoms with Crippen molar-refractivity contribution in [1.29, 1.82) is 0 Å². The molecule has 0 saturated heterocycles. The molecule has 0 aliphatic carbocycles. The fraction of sp³-hybridized carbons (Fsp3) is 0.959. The molecule has 0 bridgehead atoms. The molecular weight excluding hydrogens is 683 g/mol. The highest BCUT2D eigenvalue weighted by molar-refractivity contribution is 5.76. The maximum atomic E-state index is 12.4. The van der Waals surface area contributed by atoms with Gasteiger partial charge in [-0.2, -0.15) is 0 Å². The lowest BCUT2D eigenvalue weighted by molar-refractivity contribution is -0.143. The van der Waals surface area contributed by atoms with Crippen molar-refractivity contribution in [3.63, 3.8) is 0 Å². The second-order valence-electron chi connectivity index (χ2n) is 17.2. The molecule has 0 spiro atoms. The van der Waals surface area contributed by atoms with Crippen LogP contribution < -0.4 is 5.32 Å². The summed E-state index contributed by atoms with van der Waals surface area (Å²) in [5, 5.41) is 23.1. The van der Waals surface area contributed by atoms with Crippen molar-refractivity contribution in [2.24, 2.45) is 0 Å². The molecule has 0 aliphatic rings. The zero-order valence-corrected chi connectivity index (χ0v) is 37.2. The van der Waals surface area contributed by atoms with Crippen LogP contribution in [0.4, 0.5) is 0 Å². The molecule has 3 N–H and O–H groups in total. The van der Waals surface area contributed by atoms with Crippen LogP contribution in [0.5, 0.6) is 0 Å². The molecule has 0 aromatic heterocycles. The standard InChI is InChI=1S/C49H97NO5/c1-3-5-7-9-11-13-15-18-23-27-31-35-39-43-49(54)55-44-40-36-32-28-24-20-17-16-19-22-26-30-34-38-42-48(53)50-46(45-51)47(52)41-37-33-29-25-21-14-12-10-8-6-4-2/h46-47,51-52H,3-45H2,1-2H3,(H,50,53). The Bertz CT molecular complexity index is 776. The van der Waals surface area contributed by atoms with Gasteiger partial charge in [-0.3, -0.25) is 9.59 Å². The number of amides is 1. The zero-order valence-electron chi connectivity index (χ0n) is 37.2. The van der Waals surface area contributed by atoms with Crippen molar-refractivity contribution in [3.05, 3.63) is 0 Å². The second kappa shape index (κ2) is 45.6. The molecule has 2 atom stereocenters. The minimum atomic E-state index is -0.668. The van der Waals surface area contributed by atoms with E-state index in [1.54, 1.807) is 0 Å². The highest BCUT2D eigenvalue weighted by Crippen LogP contribution is 2.17. The number of aliphatic hydroxyl groups is 2. The van der Waals surface area contributed by atoms with Crippen LogP contribution in [-0.4, -0.2) is 47.4 Å². The number of unbranched alkanes of at least 4 members (excludes halogenated alkanes) is 35. The zero-order chi connectivity index (χ0) is 40.1. The third kappa shape index (κ3) is 42.3. The maximum Gasteiger partial charge on any atom is 0.305 e. The number of hydrogen-bond donors (Lipinski definition) is 3. The Morgan fingerprint density at radius 1 is 0.436 bits per heavy atom. The summed E-state index contributed by atoms with van der Waals surface area (Å²) < 4.78 is 5.46. The van der Waals surface area contributed by atoms with Gasteiger partial charge in [-0.1, -0.05) is 239 Å². The number of carbonyl (C=O) groups is 2. The molecule has 2 unspecified atom stereocenters. The lowest BCUT2D eigenvalue weighted by atomic mass is 10.0. The van der Waals surface area contributed by atoms with Crippen molar-refractivity contribution < 1.29 is 24.5 Å². The first-order chi connectivity index (χ1) is 27.0. The van der Waals surface area contributed by atoms with Crippen LogP contribution in [0, 0.1) is 0 Å². The quantitative estimate of drug-likeness (QED) is 0.0422. The van der Waals surface area contributed by atoms with Crippen LogP contribution >= 0.6 is 0 Å². The number of aliphatic hydroxyl groups excluding tert-OH is 2. The van der Waals surface area contributed by atoms with Gasteiger partial charge < -0.3 is 20.3 Å². The average Bonchev–Trinajstić information content (AvgIpc) is 3.18. The van der Waals surface area contributed by atoms with Gasteiger partial charge in [0.15, 0.2) is 0 Å². The number of hydrogen-bond acceptors (Lipinski definition) is 5. The third-order valence-corrected chi connectivity index (χ3v) is 11.7. The minimum absolute atomic E-state index is 0.000454. The van der Waals surface area contributed by atoms with Crippen molar-refractivity contribution in [2.45, 2.75) is 289 Å². The summed E-state index contributed by atoms with van der Waals surface area (Å²) in [6.07, 6.45) is 49.2. The summed E-state index contributed by atoms with van der Waals surface area (Å²) >= 11 is 0. The molecule has 6 nitrogen and oxygen atoms in total. The van der Waals surface area contributed by atoms with Crippen LogP contribution in [0.1, 0.15) is 277 Å². The lowest BCUT2D eigenvalue weighted by Crippen LogP contribution is -2.45. The van der Waals surface area contributed by atoms with Gasteiger partial charge in [0.2, 0.25) is 5.91 Å². The van der Waals surface area contributed by atoms with Crippen LogP contribution in [0.3, 0.4) is 0 Å². The Kier molecular flexibility index (Phi) is 44.6. The first-order valence-corrected chi connectivity index (χ1v) is 24.8. The Hall–Kier alpha value is -1.14. The first kappa shape index (κ1) is 53.9. The van der Waals surface area contributed by atoms with E-state index in [-0.39, 0.29) is 18.5 Å². The Morgan fingerprint density at radius 2 is 0.745 bits per heavy atom. The molecule has 0 rings (SSSR count). The highest BCUT2D eigenvalue weighted by Gasteiger charge is 2.20. The summed E-state index contributed by atoms with van der Waals surface area (Å²) in [4.78, 5) is 24.4. The molecule has 0 aliphatic heterocycles. The molecule has 6 heteroatoms. The maximum absolute atomic E-state index is 12.4. The molecule has 0 saturated carbocycles. The van der Waals surface area contributed by atoms with Crippen molar-refractivity contribution >= 4 is 11.9 Å². The summed E-state index contributed by atoms with van der Waals surface area (Å²) in [5.41, 5.74) is 0. The van der Waals surface area contributed by atoms with Gasteiger partial charge in [0, 0.05) is 12.8 Å². The monoisotopic (exact) mass is 780 g/mol. The van der Waals surface area contributed by atoms with Crippen molar-refractivity contribution in [3.8, 4) is 0 Å². The lowest BCUT2D eigenvalue weighted by Gasteiger charge is -2.22. The molecule has 0 fully saturated rings. The van der Waals surface area contributed by atoms with Gasteiger partial charge in [-0.05, 0) is 25.7 Å². The number of esters is 1. The predicted molar refractivity (Wildman–Crippen MR) is 237 cm³/mol. The largest absolute Gasteiger partial charge is 0.466 e. The van der Waals surface area contributed by atoms with E-state index in [0.29, 0.717) is 25.9 Å². The topological polar surface area (TPSA) is 95.9 Å². The van der Waals surface area contributed by atoms with Crippen LogP contribution in [-0.2, 0) is 14.3 Å². The van der Waals surface area contributed by atoms with E-state index in [4.69, 9.17) is 4.74 Å². The Balaban J connectivity index is 3.41. The van der Waals surface area contributed by atoms with E-state index in [1.165, 1.54) is 193 Å². The average molecular weight is 780 g/mol. The van der Waals surface area contributed by atoms with Gasteiger partial charge in [0.05, 0.1) is 25.4 Å². The Labute approximate surface area is 343 Å². The SMILES string of the molecule is CCCCCCCCCCCCCCCC(=O)OCCCCCCCCCCCCCCCCC(=O)NC(CO)C(O)CCCCCCCCCCCCC. The Morgan fingerprint density at radius 3 is 1.11 bits per heavy atom. The van der Waals surface area contributed by atoms with E-state index in [9.17, 15) is 19.8 Å². The van der Waals surface area contributed by atoms with E-state index in [0.717, 1.165) is 51.4 Å². The third-order valence-electron chi connectivity index (χ3n) is 11.7. The second-order valence-corrected chi connectivity index (χ2v) is 17.2. The summed E-state index contributed by atoms with van der Waals surface area (Å²) in [6, 6.07) is -0.546. The van der Waals surface area contributed by atoms with E-state index in [2.05, 4.69) is 19.2 Å². The van der Waals surface area contributed by atoms with Crippen LogP contribution in [0.2, 0.25) is 0 Å². The van der Waals surface area contributed by atoms with E-state index >= 15 is 0 Å². The van der Waals surface area contributed by atoms with Crippen molar-refractivity contribution in [1.82, 2.24) is 5.32 Å². The van der Waals surface area contributed by atoms with Gasteiger partial charge in [0.25, 0.3) is 0 Å². The smallest absolute Gasteiger partial charge is 0.305 e. The van der Waals surface area contributed by atoms with Crippen LogP contribution in [0.15, 0.2) is 0 Å². The number of rotatable bonds is 46. The fourth-order valence-corrected chi connectivity index (χ4v) is 7.82. The minimum Gasteiger partial charge on any atom is -0.466 e. The molecule has 328 valence electrons. The summed E-state index contributed by atoms with van der Waals surface area (Å²) in [7, 11) is 0. The molecule has 0 aromatic rings. The molecule has 0 heterocycles. The van der Waals surface area contributed by atoms with E-state index in [1.807, 2.05) is 0 Å². The van der Waals surface area contributed by atoms with Gasteiger partial charge in [0.1, 0.15) is 0 Å². The van der Waals surface area contributed by atoms with Crippen LogP contribution in [0.25, 0.3) is 0 Å². The summed E-state index contributed by atoms with van der Waals surface area (Å²) in [6.45, 7) is 4.93. The number of ether oxygens (including phenoxy) is 1. The molecule has 0 radical (unpaired) electrons. The van der Waals surface area contributed by atoms with Gasteiger partial charge in [-0.15, -0.1) is 0 Å². The highest BCUT2D eigenvalue weighted by atomic mass is 16.5. The molecular formula is C49H97NO5. The number of carbonyl (C=O) groups excluding carboxylic acids is 2. The fourth-order valence-electron chi connectivity index (χ4n) is 7.82. The van der Waals surface area contributed by atoms with Gasteiger partial charge >= 0.3 is 5.97 Å². The van der Waals surface area contributed by atoms with Crippen molar-refractivity contribution in [2.75, 3.05) is 13.2 Å². The molecule has 1 amide bonds. The predicted octanol–water partition coefficient (Wildman–Crippen LogP) is 14.4. The summed E-state index contributed by atoms with van der Waals surface area (Å²) in [5.74, 6) is -0.0459. The van der Waals surface area contributed by atoms with E-state index < -0.39 is 12.1 Å². The first-order valence-electron chi connectivity index (χ1n) is 24.8. The normalized spacial score (nSPS) is 12.6. The molecule has 55 heavy (non-hydrogen) atoms.